The summed E-state index contributed by atoms with van der Waals surface area (Å²) in [6.45, 7) is 2.82. The number of hydrogen-bond donors (Lipinski definition) is 2. The molecular formula is C15H17F4IN4S. The molecule has 0 spiro atoms. The van der Waals surface area contributed by atoms with Crippen molar-refractivity contribution in [1.82, 2.24) is 15.6 Å². The Hall–Kier alpha value is -1.43. The molecule has 0 bridgehead atoms. The van der Waals surface area contributed by atoms with E-state index in [4.69, 9.17) is 0 Å². The van der Waals surface area contributed by atoms with Crippen LogP contribution in [0.15, 0.2) is 34.6 Å². The van der Waals surface area contributed by atoms with E-state index in [1.165, 1.54) is 12.1 Å². The van der Waals surface area contributed by atoms with Crippen molar-refractivity contribution in [3.8, 4) is 0 Å². The molecule has 138 valence electrons. The van der Waals surface area contributed by atoms with Crippen LogP contribution >= 0.6 is 35.3 Å². The largest absolute Gasteiger partial charge is 0.434 e. The van der Waals surface area contributed by atoms with Crippen molar-refractivity contribution in [2.75, 3.05) is 6.54 Å². The summed E-state index contributed by atoms with van der Waals surface area (Å²) >= 11 is 0.927. The van der Waals surface area contributed by atoms with E-state index in [2.05, 4.69) is 20.6 Å². The van der Waals surface area contributed by atoms with E-state index in [-0.39, 0.29) is 42.9 Å². The molecule has 0 aliphatic heterocycles. The lowest BCUT2D eigenvalue weighted by Gasteiger charge is -2.10. The summed E-state index contributed by atoms with van der Waals surface area (Å²) in [6.07, 6.45) is -4.44. The van der Waals surface area contributed by atoms with E-state index < -0.39 is 11.9 Å². The molecule has 0 unspecified atom stereocenters. The average molecular weight is 488 g/mol. The smallest absolute Gasteiger partial charge is 0.357 e. The van der Waals surface area contributed by atoms with Crippen molar-refractivity contribution in [3.05, 3.63) is 51.7 Å². The maximum Gasteiger partial charge on any atom is 0.434 e. The fourth-order valence-electron chi connectivity index (χ4n) is 1.83. The molecule has 2 N–H and O–H groups in total. The Morgan fingerprint density at radius 2 is 2.04 bits per heavy atom. The first-order valence-corrected chi connectivity index (χ1v) is 8.04. The SMILES string of the molecule is CCNC(=NCc1cccc(F)c1)NCc1nc(C(F)(F)F)cs1.I. The molecule has 4 nitrogen and oxygen atoms in total. The summed E-state index contributed by atoms with van der Waals surface area (Å²) in [7, 11) is 0. The molecule has 0 saturated heterocycles. The van der Waals surface area contributed by atoms with Gasteiger partial charge in [-0.25, -0.2) is 14.4 Å². The van der Waals surface area contributed by atoms with Gasteiger partial charge in [0, 0.05) is 11.9 Å². The number of rotatable bonds is 5. The Morgan fingerprint density at radius 3 is 2.64 bits per heavy atom. The number of benzene rings is 1. The van der Waals surface area contributed by atoms with E-state index in [0.29, 0.717) is 23.1 Å². The topological polar surface area (TPSA) is 49.3 Å². The lowest BCUT2D eigenvalue weighted by atomic mass is 10.2. The van der Waals surface area contributed by atoms with Crippen molar-refractivity contribution < 1.29 is 17.6 Å². The number of nitrogens with one attached hydrogen (secondary N) is 2. The van der Waals surface area contributed by atoms with Crippen molar-refractivity contribution in [3.63, 3.8) is 0 Å². The summed E-state index contributed by atoms with van der Waals surface area (Å²) in [5.41, 5.74) is -0.202. The van der Waals surface area contributed by atoms with Gasteiger partial charge in [-0.15, -0.1) is 35.3 Å². The Balaban J connectivity index is 0.00000312. The summed E-state index contributed by atoms with van der Waals surface area (Å²) < 4.78 is 50.7. The Bertz CT molecular complexity index is 703. The third kappa shape index (κ3) is 7.14. The molecule has 2 rings (SSSR count). The number of aliphatic imine (C=N–C) groups is 1. The van der Waals surface area contributed by atoms with Crippen LogP contribution in [0.1, 0.15) is 23.2 Å². The second-order valence-electron chi connectivity index (χ2n) is 4.80. The second kappa shape index (κ2) is 9.90. The number of alkyl halides is 3. The molecule has 0 fully saturated rings. The van der Waals surface area contributed by atoms with E-state index >= 15 is 0 Å². The summed E-state index contributed by atoms with van der Waals surface area (Å²) in [6, 6.07) is 6.06. The predicted octanol–water partition coefficient (Wildman–Crippen LogP) is 4.17. The van der Waals surface area contributed by atoms with Gasteiger partial charge in [0.15, 0.2) is 11.7 Å². The van der Waals surface area contributed by atoms with Crippen molar-refractivity contribution in [2.24, 2.45) is 4.99 Å². The first-order chi connectivity index (χ1) is 11.4. The first kappa shape index (κ1) is 21.6. The summed E-state index contributed by atoms with van der Waals surface area (Å²) in [4.78, 5) is 7.82. The minimum Gasteiger partial charge on any atom is -0.357 e. The van der Waals surface area contributed by atoms with Crippen LogP contribution in [0, 0.1) is 5.82 Å². The van der Waals surface area contributed by atoms with Crippen LogP contribution in [0.25, 0.3) is 0 Å². The van der Waals surface area contributed by atoms with E-state index in [9.17, 15) is 17.6 Å². The average Bonchev–Trinajstić information content (AvgIpc) is 2.99. The highest BCUT2D eigenvalue weighted by Crippen LogP contribution is 2.29. The Kier molecular flexibility index (Phi) is 8.56. The third-order valence-electron chi connectivity index (χ3n) is 2.90. The zero-order valence-electron chi connectivity index (χ0n) is 13.2. The molecule has 25 heavy (non-hydrogen) atoms. The van der Waals surface area contributed by atoms with Crippen LogP contribution in [-0.2, 0) is 19.3 Å². The van der Waals surface area contributed by atoms with Gasteiger partial charge >= 0.3 is 6.18 Å². The zero-order valence-corrected chi connectivity index (χ0v) is 16.4. The molecular weight excluding hydrogens is 471 g/mol. The van der Waals surface area contributed by atoms with Gasteiger partial charge in [-0.1, -0.05) is 12.1 Å². The lowest BCUT2D eigenvalue weighted by molar-refractivity contribution is -0.140. The normalized spacial score (nSPS) is 11.8. The van der Waals surface area contributed by atoms with Crippen molar-refractivity contribution in [1.29, 1.82) is 0 Å². The zero-order chi connectivity index (χ0) is 17.6. The second-order valence-corrected chi connectivity index (χ2v) is 5.75. The molecule has 0 atom stereocenters. The van der Waals surface area contributed by atoms with Crippen molar-refractivity contribution in [2.45, 2.75) is 26.2 Å². The highest BCUT2D eigenvalue weighted by Gasteiger charge is 2.33. The molecule has 0 radical (unpaired) electrons. The number of guanidine groups is 1. The van der Waals surface area contributed by atoms with Gasteiger partial charge in [0.25, 0.3) is 0 Å². The molecule has 1 aromatic carbocycles. The highest BCUT2D eigenvalue weighted by atomic mass is 127. The van der Waals surface area contributed by atoms with Gasteiger partial charge in [0.05, 0.1) is 13.1 Å². The maximum atomic E-state index is 13.1. The Morgan fingerprint density at radius 1 is 1.28 bits per heavy atom. The standard InChI is InChI=1S/C15H16F4N4S.HI/c1-2-20-14(21-7-10-4-3-5-11(16)6-10)22-8-13-23-12(9-24-13)15(17,18)19;/h3-6,9H,2,7-8H2,1H3,(H2,20,21,22);1H. The van der Waals surface area contributed by atoms with Crippen LogP contribution in [0.2, 0.25) is 0 Å². The number of hydrogen-bond acceptors (Lipinski definition) is 3. The molecule has 0 amide bonds. The van der Waals surface area contributed by atoms with Gasteiger partial charge in [0.1, 0.15) is 10.8 Å². The van der Waals surface area contributed by atoms with E-state index in [0.717, 1.165) is 16.7 Å². The molecule has 0 aliphatic carbocycles. The molecule has 0 saturated carbocycles. The van der Waals surface area contributed by atoms with E-state index in [1.54, 1.807) is 12.1 Å². The minimum atomic E-state index is -4.44. The van der Waals surface area contributed by atoms with Gasteiger partial charge in [0.2, 0.25) is 0 Å². The molecule has 2 aromatic rings. The Labute approximate surface area is 163 Å². The summed E-state index contributed by atoms with van der Waals surface area (Å²) in [5.74, 6) is 0.0774. The van der Waals surface area contributed by atoms with Crippen molar-refractivity contribution >= 4 is 41.3 Å². The van der Waals surface area contributed by atoms with Crippen LogP contribution in [0.3, 0.4) is 0 Å². The van der Waals surface area contributed by atoms with Gasteiger partial charge in [-0.05, 0) is 24.6 Å². The molecule has 0 aliphatic rings. The maximum absolute atomic E-state index is 13.1. The monoisotopic (exact) mass is 488 g/mol. The lowest BCUT2D eigenvalue weighted by Crippen LogP contribution is -2.36. The van der Waals surface area contributed by atoms with Gasteiger partial charge in [-0.2, -0.15) is 13.2 Å². The van der Waals surface area contributed by atoms with Crippen LogP contribution in [0.4, 0.5) is 17.6 Å². The fraction of sp³-hybridized carbons (Fsp3) is 0.333. The van der Waals surface area contributed by atoms with Crippen LogP contribution in [-0.4, -0.2) is 17.5 Å². The quantitative estimate of drug-likeness (QED) is 0.288. The number of halogens is 5. The van der Waals surface area contributed by atoms with Crippen LogP contribution in [0.5, 0.6) is 0 Å². The number of aromatic nitrogens is 1. The fourth-order valence-corrected chi connectivity index (χ4v) is 2.57. The highest BCUT2D eigenvalue weighted by molar-refractivity contribution is 14.0. The summed E-state index contributed by atoms with van der Waals surface area (Å²) in [5, 5.41) is 7.17. The van der Waals surface area contributed by atoms with Crippen LogP contribution < -0.4 is 10.6 Å². The minimum absolute atomic E-state index is 0. The first-order valence-electron chi connectivity index (χ1n) is 7.16. The van der Waals surface area contributed by atoms with E-state index in [1.807, 2.05) is 6.92 Å². The van der Waals surface area contributed by atoms with Gasteiger partial charge < -0.3 is 10.6 Å². The van der Waals surface area contributed by atoms with Gasteiger partial charge in [-0.3, -0.25) is 0 Å². The molecule has 1 heterocycles. The molecule has 10 heteroatoms. The number of nitrogens with zero attached hydrogens (tertiary/aromatic N) is 2. The molecule has 1 aromatic heterocycles. The predicted molar refractivity (Wildman–Crippen MR) is 101 cm³/mol. The number of thiazole rings is 1. The third-order valence-corrected chi connectivity index (χ3v) is 3.75.